The first-order chi connectivity index (χ1) is 8.93. The van der Waals surface area contributed by atoms with E-state index in [1.807, 2.05) is 6.33 Å². The molecule has 1 aliphatic heterocycles. The quantitative estimate of drug-likeness (QED) is 0.871. The zero-order valence-electron chi connectivity index (χ0n) is 10.2. The van der Waals surface area contributed by atoms with Crippen molar-refractivity contribution in [2.24, 2.45) is 0 Å². The Balaban J connectivity index is 1.79. The van der Waals surface area contributed by atoms with E-state index in [9.17, 15) is 0 Å². The molecule has 4 rings (SSSR count). The van der Waals surface area contributed by atoms with Crippen molar-refractivity contribution < 1.29 is 0 Å². The predicted molar refractivity (Wildman–Crippen MR) is 68.3 cm³/mol. The van der Waals surface area contributed by atoms with E-state index in [2.05, 4.69) is 44.3 Å². The number of fused-ring (bicyclic) bond motifs is 1. The molecule has 1 saturated carbocycles. The number of nitrogens with zero attached hydrogens (tertiary/aromatic N) is 3. The first-order valence-corrected chi connectivity index (χ1v) is 6.64. The molecule has 1 aromatic carbocycles. The van der Waals surface area contributed by atoms with Gasteiger partial charge in [0.05, 0.1) is 6.04 Å². The Morgan fingerprint density at radius 2 is 2.11 bits per heavy atom. The number of nitrogens with one attached hydrogen (secondary N) is 1. The van der Waals surface area contributed by atoms with Crippen LogP contribution in [0, 0.1) is 0 Å². The van der Waals surface area contributed by atoms with Crippen molar-refractivity contribution >= 4 is 0 Å². The molecule has 4 heteroatoms. The largest absolute Gasteiger partial charge is 0.313 e. The van der Waals surface area contributed by atoms with Gasteiger partial charge in [-0.15, -0.1) is 10.2 Å². The fraction of sp³-hybridized carbons (Fsp3) is 0.429. The summed E-state index contributed by atoms with van der Waals surface area (Å²) >= 11 is 0. The fourth-order valence-electron chi connectivity index (χ4n) is 2.83. The standard InChI is InChI=1S/C14H16N4/c1-2-4-12-10(3-1)7-8-15-13(12)14-17-16-9-18(14)11-5-6-11/h1-4,9,11,13,15H,5-8H2. The predicted octanol–water partition coefficient (Wildman–Crippen LogP) is 1.85. The summed E-state index contributed by atoms with van der Waals surface area (Å²) in [4.78, 5) is 0. The molecule has 2 heterocycles. The summed E-state index contributed by atoms with van der Waals surface area (Å²) in [5.41, 5.74) is 2.80. The smallest absolute Gasteiger partial charge is 0.154 e. The number of rotatable bonds is 2. The van der Waals surface area contributed by atoms with Crippen molar-refractivity contribution in [2.45, 2.75) is 31.3 Å². The van der Waals surface area contributed by atoms with Crippen molar-refractivity contribution in [1.29, 1.82) is 0 Å². The summed E-state index contributed by atoms with van der Waals surface area (Å²) in [5, 5.41) is 12.0. The maximum atomic E-state index is 4.35. The third-order valence-corrected chi connectivity index (χ3v) is 3.91. The van der Waals surface area contributed by atoms with Crippen molar-refractivity contribution in [3.8, 4) is 0 Å². The SMILES string of the molecule is c1ccc2c(c1)CCNC2c1nncn1C1CC1. The zero-order chi connectivity index (χ0) is 11.9. The molecule has 18 heavy (non-hydrogen) atoms. The van der Waals surface area contributed by atoms with Gasteiger partial charge in [0.2, 0.25) is 0 Å². The molecule has 1 aliphatic carbocycles. The molecule has 2 aromatic rings. The lowest BCUT2D eigenvalue weighted by Crippen LogP contribution is -2.32. The first kappa shape index (κ1) is 10.3. The van der Waals surface area contributed by atoms with Crippen LogP contribution in [-0.2, 0) is 6.42 Å². The summed E-state index contributed by atoms with van der Waals surface area (Å²) in [6.45, 7) is 1.01. The van der Waals surface area contributed by atoms with E-state index in [1.165, 1.54) is 24.0 Å². The molecule has 1 atom stereocenters. The molecule has 2 aliphatic rings. The molecule has 1 unspecified atom stereocenters. The minimum atomic E-state index is 0.207. The second kappa shape index (κ2) is 3.92. The molecule has 0 spiro atoms. The Bertz CT molecular complexity index is 571. The molecule has 0 bridgehead atoms. The van der Waals surface area contributed by atoms with Crippen LogP contribution in [0.2, 0.25) is 0 Å². The molecule has 0 amide bonds. The molecular weight excluding hydrogens is 224 g/mol. The minimum absolute atomic E-state index is 0.207. The lowest BCUT2D eigenvalue weighted by atomic mass is 9.94. The van der Waals surface area contributed by atoms with Gasteiger partial charge in [-0.2, -0.15) is 0 Å². The third kappa shape index (κ3) is 1.56. The Morgan fingerprint density at radius 3 is 3.00 bits per heavy atom. The van der Waals surface area contributed by atoms with E-state index in [1.54, 1.807) is 0 Å². The van der Waals surface area contributed by atoms with Gasteiger partial charge in [0.25, 0.3) is 0 Å². The number of aromatic nitrogens is 3. The summed E-state index contributed by atoms with van der Waals surface area (Å²) in [5.74, 6) is 1.07. The van der Waals surface area contributed by atoms with Crippen molar-refractivity contribution in [2.75, 3.05) is 6.54 Å². The normalized spacial score (nSPS) is 22.8. The third-order valence-electron chi connectivity index (χ3n) is 3.91. The molecule has 0 radical (unpaired) electrons. The lowest BCUT2D eigenvalue weighted by molar-refractivity contribution is 0.514. The van der Waals surface area contributed by atoms with Gasteiger partial charge in [0, 0.05) is 12.6 Å². The van der Waals surface area contributed by atoms with Crippen LogP contribution in [0.1, 0.15) is 41.9 Å². The van der Waals surface area contributed by atoms with Gasteiger partial charge in [-0.05, 0) is 30.4 Å². The van der Waals surface area contributed by atoms with Crippen molar-refractivity contribution in [3.63, 3.8) is 0 Å². The van der Waals surface area contributed by atoms with Crippen LogP contribution in [-0.4, -0.2) is 21.3 Å². The van der Waals surface area contributed by atoms with Gasteiger partial charge in [0.15, 0.2) is 5.82 Å². The van der Waals surface area contributed by atoms with Gasteiger partial charge in [-0.1, -0.05) is 24.3 Å². The van der Waals surface area contributed by atoms with E-state index < -0.39 is 0 Å². The van der Waals surface area contributed by atoms with E-state index in [0.29, 0.717) is 6.04 Å². The van der Waals surface area contributed by atoms with E-state index >= 15 is 0 Å². The number of hydrogen-bond donors (Lipinski definition) is 1. The highest BCUT2D eigenvalue weighted by atomic mass is 15.3. The van der Waals surface area contributed by atoms with Crippen molar-refractivity contribution in [1.82, 2.24) is 20.1 Å². The zero-order valence-corrected chi connectivity index (χ0v) is 10.2. The molecule has 1 fully saturated rings. The van der Waals surface area contributed by atoms with Gasteiger partial charge < -0.3 is 9.88 Å². The maximum absolute atomic E-state index is 4.35. The van der Waals surface area contributed by atoms with E-state index in [4.69, 9.17) is 0 Å². The average molecular weight is 240 g/mol. The second-order valence-electron chi connectivity index (χ2n) is 5.16. The Hall–Kier alpha value is -1.68. The Labute approximate surface area is 106 Å². The van der Waals surface area contributed by atoms with E-state index in [0.717, 1.165) is 18.8 Å². The average Bonchev–Trinajstić information content (AvgIpc) is 3.16. The van der Waals surface area contributed by atoms with Gasteiger partial charge in [0.1, 0.15) is 6.33 Å². The molecule has 0 saturated heterocycles. The van der Waals surface area contributed by atoms with Crippen LogP contribution < -0.4 is 5.32 Å². The highest BCUT2D eigenvalue weighted by molar-refractivity contribution is 5.36. The Kier molecular flexibility index (Phi) is 2.23. The number of benzene rings is 1. The van der Waals surface area contributed by atoms with Gasteiger partial charge >= 0.3 is 0 Å². The maximum Gasteiger partial charge on any atom is 0.154 e. The topological polar surface area (TPSA) is 42.7 Å². The molecule has 1 N–H and O–H groups in total. The molecule has 92 valence electrons. The minimum Gasteiger partial charge on any atom is -0.313 e. The lowest BCUT2D eigenvalue weighted by Gasteiger charge is -2.26. The molecular formula is C14H16N4. The second-order valence-corrected chi connectivity index (χ2v) is 5.16. The molecule has 1 aromatic heterocycles. The highest BCUT2D eigenvalue weighted by Crippen LogP contribution is 2.38. The summed E-state index contributed by atoms with van der Waals surface area (Å²) in [7, 11) is 0. The summed E-state index contributed by atoms with van der Waals surface area (Å²) < 4.78 is 2.25. The fourth-order valence-corrected chi connectivity index (χ4v) is 2.83. The summed E-state index contributed by atoms with van der Waals surface area (Å²) in [6, 6.07) is 9.49. The van der Waals surface area contributed by atoms with Crippen LogP contribution in [0.3, 0.4) is 0 Å². The highest BCUT2D eigenvalue weighted by Gasteiger charge is 2.31. The number of hydrogen-bond acceptors (Lipinski definition) is 3. The van der Waals surface area contributed by atoms with E-state index in [-0.39, 0.29) is 6.04 Å². The van der Waals surface area contributed by atoms with Crippen LogP contribution in [0.15, 0.2) is 30.6 Å². The first-order valence-electron chi connectivity index (χ1n) is 6.64. The van der Waals surface area contributed by atoms with Gasteiger partial charge in [-0.3, -0.25) is 0 Å². The monoisotopic (exact) mass is 240 g/mol. The van der Waals surface area contributed by atoms with Crippen LogP contribution in [0.5, 0.6) is 0 Å². The van der Waals surface area contributed by atoms with Gasteiger partial charge in [-0.25, -0.2) is 0 Å². The Morgan fingerprint density at radius 1 is 1.22 bits per heavy atom. The summed E-state index contributed by atoms with van der Waals surface area (Å²) in [6.07, 6.45) is 5.51. The van der Waals surface area contributed by atoms with Crippen LogP contribution in [0.25, 0.3) is 0 Å². The van der Waals surface area contributed by atoms with Crippen LogP contribution >= 0.6 is 0 Å². The molecule has 4 nitrogen and oxygen atoms in total. The van der Waals surface area contributed by atoms with Crippen molar-refractivity contribution in [3.05, 3.63) is 47.5 Å². The van der Waals surface area contributed by atoms with Crippen LogP contribution in [0.4, 0.5) is 0 Å².